The van der Waals surface area contributed by atoms with Gasteiger partial charge < -0.3 is 15.7 Å². The van der Waals surface area contributed by atoms with Crippen LogP contribution in [-0.2, 0) is 0 Å². The zero-order valence-electron chi connectivity index (χ0n) is 12.1. The maximum Gasteiger partial charge on any atom is 0.191 e. The highest BCUT2D eigenvalue weighted by atomic mass is 127. The second-order valence-corrected chi connectivity index (χ2v) is 4.56. The van der Waals surface area contributed by atoms with Crippen LogP contribution in [0.2, 0.25) is 0 Å². The molecule has 0 saturated heterocycles. The minimum atomic E-state index is -0.941. The summed E-state index contributed by atoms with van der Waals surface area (Å²) in [5, 5.41) is 16.2. The molecule has 0 spiro atoms. The topological polar surface area (TPSA) is 56.7 Å². The Balaban J connectivity index is 0.00000361. The molecule has 0 heterocycles. The smallest absolute Gasteiger partial charge is 0.191 e. The lowest BCUT2D eigenvalue weighted by molar-refractivity contribution is 0.182. The molecule has 4 nitrogen and oxygen atoms in total. The maximum absolute atomic E-state index is 13.5. The van der Waals surface area contributed by atoms with Crippen molar-refractivity contribution < 1.29 is 9.50 Å². The Kier molecular flexibility index (Phi) is 9.49. The standard InChI is InChI=1S/C14H22FN3O.HI/c1-4-16-14(18-10(2)3)17-9-13(19)11-7-5-6-8-12(11)15;/h5-8,10,13,19H,4,9H2,1-3H3,(H2,16,17,18);1H. The number of aliphatic hydroxyl groups is 1. The van der Waals surface area contributed by atoms with E-state index in [-0.39, 0.29) is 42.1 Å². The lowest BCUT2D eigenvalue weighted by atomic mass is 10.1. The van der Waals surface area contributed by atoms with Crippen LogP contribution in [0.5, 0.6) is 0 Å². The molecule has 3 N–H and O–H groups in total. The highest BCUT2D eigenvalue weighted by molar-refractivity contribution is 14.0. The van der Waals surface area contributed by atoms with Crippen LogP contribution in [-0.4, -0.2) is 30.2 Å². The maximum atomic E-state index is 13.5. The van der Waals surface area contributed by atoms with Crippen LogP contribution in [0.1, 0.15) is 32.4 Å². The SMILES string of the molecule is CCNC(=NCC(O)c1ccccc1F)NC(C)C.I. The predicted octanol–water partition coefficient (Wildman–Crippen LogP) is 2.44. The van der Waals surface area contributed by atoms with E-state index in [1.807, 2.05) is 20.8 Å². The molecular formula is C14H23FIN3O. The van der Waals surface area contributed by atoms with Crippen molar-refractivity contribution in [2.45, 2.75) is 32.9 Å². The van der Waals surface area contributed by atoms with Crippen LogP contribution in [0.25, 0.3) is 0 Å². The third-order valence-corrected chi connectivity index (χ3v) is 2.46. The van der Waals surface area contributed by atoms with Gasteiger partial charge in [-0.25, -0.2) is 4.39 Å². The van der Waals surface area contributed by atoms with Crippen molar-refractivity contribution >= 4 is 29.9 Å². The number of guanidine groups is 1. The van der Waals surface area contributed by atoms with Crippen molar-refractivity contribution in [2.75, 3.05) is 13.1 Å². The summed E-state index contributed by atoms with van der Waals surface area (Å²) in [6.45, 7) is 6.81. The molecule has 1 rings (SSSR count). The van der Waals surface area contributed by atoms with Crippen LogP contribution >= 0.6 is 24.0 Å². The van der Waals surface area contributed by atoms with Crippen molar-refractivity contribution in [2.24, 2.45) is 4.99 Å². The van der Waals surface area contributed by atoms with Gasteiger partial charge in [-0.3, -0.25) is 4.99 Å². The van der Waals surface area contributed by atoms with Crippen molar-refractivity contribution in [3.63, 3.8) is 0 Å². The van der Waals surface area contributed by atoms with E-state index < -0.39 is 11.9 Å². The molecule has 1 aromatic carbocycles. The number of benzene rings is 1. The highest BCUT2D eigenvalue weighted by Gasteiger charge is 2.11. The first kappa shape index (κ1) is 19.1. The minimum Gasteiger partial charge on any atom is -0.386 e. The second kappa shape index (κ2) is 9.93. The molecule has 6 heteroatoms. The average molecular weight is 395 g/mol. The minimum absolute atomic E-state index is 0. The highest BCUT2D eigenvalue weighted by Crippen LogP contribution is 2.16. The van der Waals surface area contributed by atoms with Gasteiger partial charge in [-0.05, 0) is 26.8 Å². The van der Waals surface area contributed by atoms with Gasteiger partial charge in [0.2, 0.25) is 0 Å². The van der Waals surface area contributed by atoms with Crippen LogP contribution in [0.3, 0.4) is 0 Å². The summed E-state index contributed by atoms with van der Waals surface area (Å²) in [5.74, 6) is 0.208. The number of aliphatic hydroxyl groups excluding tert-OH is 1. The summed E-state index contributed by atoms with van der Waals surface area (Å²) in [6.07, 6.45) is -0.941. The van der Waals surface area contributed by atoms with E-state index in [4.69, 9.17) is 0 Å². The number of hydrogen-bond acceptors (Lipinski definition) is 2. The van der Waals surface area contributed by atoms with E-state index in [0.29, 0.717) is 5.96 Å². The Morgan fingerprint density at radius 3 is 2.55 bits per heavy atom. The molecule has 0 fully saturated rings. The van der Waals surface area contributed by atoms with Gasteiger partial charge in [-0.15, -0.1) is 24.0 Å². The summed E-state index contributed by atoms with van der Waals surface area (Å²) in [5.41, 5.74) is 0.270. The van der Waals surface area contributed by atoms with Gasteiger partial charge >= 0.3 is 0 Å². The summed E-state index contributed by atoms with van der Waals surface area (Å²) < 4.78 is 13.5. The molecule has 0 amide bonds. The van der Waals surface area contributed by atoms with Crippen molar-refractivity contribution in [1.29, 1.82) is 0 Å². The Bertz CT molecular complexity index is 427. The number of nitrogens with zero attached hydrogens (tertiary/aromatic N) is 1. The summed E-state index contributed by atoms with van der Waals surface area (Å²) >= 11 is 0. The molecule has 1 aromatic rings. The fourth-order valence-corrected chi connectivity index (χ4v) is 1.61. The predicted molar refractivity (Wildman–Crippen MR) is 91.0 cm³/mol. The average Bonchev–Trinajstić information content (AvgIpc) is 2.36. The van der Waals surface area contributed by atoms with Gasteiger partial charge in [0.15, 0.2) is 5.96 Å². The number of aliphatic imine (C=N–C) groups is 1. The van der Waals surface area contributed by atoms with Crippen molar-refractivity contribution in [3.8, 4) is 0 Å². The fourth-order valence-electron chi connectivity index (χ4n) is 1.61. The molecule has 0 aliphatic rings. The summed E-state index contributed by atoms with van der Waals surface area (Å²) in [7, 11) is 0. The van der Waals surface area contributed by atoms with E-state index in [1.54, 1.807) is 18.2 Å². The Morgan fingerprint density at radius 2 is 2.00 bits per heavy atom. The van der Waals surface area contributed by atoms with E-state index in [0.717, 1.165) is 6.54 Å². The van der Waals surface area contributed by atoms with Gasteiger partial charge in [-0.2, -0.15) is 0 Å². The second-order valence-electron chi connectivity index (χ2n) is 4.56. The molecule has 1 atom stereocenters. The third-order valence-electron chi connectivity index (χ3n) is 2.46. The van der Waals surface area contributed by atoms with E-state index in [1.165, 1.54) is 6.07 Å². The number of halogens is 2. The van der Waals surface area contributed by atoms with E-state index in [2.05, 4.69) is 15.6 Å². The third kappa shape index (κ3) is 6.51. The normalized spacial score (nSPS) is 12.8. The molecule has 0 aliphatic carbocycles. The van der Waals surface area contributed by atoms with Gasteiger partial charge in [0.05, 0.1) is 6.54 Å². The molecule has 0 aliphatic heterocycles. The Hall–Kier alpha value is -0.890. The van der Waals surface area contributed by atoms with Crippen LogP contribution in [0, 0.1) is 5.82 Å². The van der Waals surface area contributed by atoms with Crippen LogP contribution in [0.4, 0.5) is 4.39 Å². The molecule has 0 saturated carbocycles. The summed E-state index contributed by atoms with van der Waals surface area (Å²) in [4.78, 5) is 4.25. The fraction of sp³-hybridized carbons (Fsp3) is 0.500. The Morgan fingerprint density at radius 1 is 1.35 bits per heavy atom. The molecule has 1 unspecified atom stereocenters. The van der Waals surface area contributed by atoms with Crippen LogP contribution in [0.15, 0.2) is 29.3 Å². The lowest BCUT2D eigenvalue weighted by Crippen LogP contribution is -2.41. The quantitative estimate of drug-likeness (QED) is 0.408. The van der Waals surface area contributed by atoms with Gasteiger partial charge in [-0.1, -0.05) is 18.2 Å². The van der Waals surface area contributed by atoms with Crippen molar-refractivity contribution in [1.82, 2.24) is 10.6 Å². The molecule has 114 valence electrons. The lowest BCUT2D eigenvalue weighted by Gasteiger charge is -2.15. The van der Waals surface area contributed by atoms with Gasteiger partial charge in [0.25, 0.3) is 0 Å². The first-order chi connectivity index (χ1) is 9.04. The zero-order valence-corrected chi connectivity index (χ0v) is 14.4. The van der Waals surface area contributed by atoms with E-state index in [9.17, 15) is 9.50 Å². The molecule has 0 aromatic heterocycles. The van der Waals surface area contributed by atoms with Crippen LogP contribution < -0.4 is 10.6 Å². The van der Waals surface area contributed by atoms with Gasteiger partial charge in [0.1, 0.15) is 11.9 Å². The largest absolute Gasteiger partial charge is 0.386 e. The first-order valence-electron chi connectivity index (χ1n) is 6.52. The zero-order chi connectivity index (χ0) is 14.3. The molecule has 0 bridgehead atoms. The molecule has 0 radical (unpaired) electrons. The molecule has 20 heavy (non-hydrogen) atoms. The summed E-state index contributed by atoms with van der Waals surface area (Å²) in [6, 6.07) is 6.43. The first-order valence-corrected chi connectivity index (χ1v) is 6.52. The number of rotatable bonds is 5. The van der Waals surface area contributed by atoms with Gasteiger partial charge in [0, 0.05) is 18.2 Å². The van der Waals surface area contributed by atoms with E-state index >= 15 is 0 Å². The monoisotopic (exact) mass is 395 g/mol. The molecular weight excluding hydrogens is 372 g/mol. The van der Waals surface area contributed by atoms with Crippen molar-refractivity contribution in [3.05, 3.63) is 35.6 Å². The Labute approximate surface area is 136 Å². The number of nitrogens with one attached hydrogen (secondary N) is 2. The number of hydrogen-bond donors (Lipinski definition) is 3.